The van der Waals surface area contributed by atoms with Crippen LogP contribution in [0, 0.1) is 5.92 Å². The standard InChI is InChI=1S/C17H29N3O2/c1-13-8-10-17(11-9-13)15(21)20(16(22)18-17)12-19(2)14-6-4-3-5-7-14/h13-14H,3-12H2,1-2H3,(H,18,22). The van der Waals surface area contributed by atoms with Gasteiger partial charge in [0.25, 0.3) is 5.91 Å². The van der Waals surface area contributed by atoms with Gasteiger partial charge in [0, 0.05) is 6.04 Å². The zero-order valence-electron chi connectivity index (χ0n) is 13.9. The molecule has 1 spiro atoms. The van der Waals surface area contributed by atoms with Gasteiger partial charge in [-0.3, -0.25) is 9.69 Å². The summed E-state index contributed by atoms with van der Waals surface area (Å²) in [5.74, 6) is 0.668. The van der Waals surface area contributed by atoms with Gasteiger partial charge in [0.15, 0.2) is 0 Å². The minimum Gasteiger partial charge on any atom is -0.323 e. The highest BCUT2D eigenvalue weighted by molar-refractivity contribution is 6.07. The van der Waals surface area contributed by atoms with E-state index in [1.165, 1.54) is 37.0 Å². The molecule has 3 fully saturated rings. The van der Waals surface area contributed by atoms with Gasteiger partial charge in [-0.25, -0.2) is 9.69 Å². The Morgan fingerprint density at radius 1 is 1.14 bits per heavy atom. The maximum Gasteiger partial charge on any atom is 0.326 e. The van der Waals surface area contributed by atoms with Crippen LogP contribution in [0.5, 0.6) is 0 Å². The van der Waals surface area contributed by atoms with E-state index in [0.717, 1.165) is 25.7 Å². The van der Waals surface area contributed by atoms with Crippen LogP contribution in [0.4, 0.5) is 4.79 Å². The number of hydrogen-bond acceptors (Lipinski definition) is 3. The molecule has 0 aromatic rings. The minimum atomic E-state index is -0.600. The van der Waals surface area contributed by atoms with Crippen molar-refractivity contribution >= 4 is 11.9 Å². The largest absolute Gasteiger partial charge is 0.326 e. The first-order valence-corrected chi connectivity index (χ1v) is 8.86. The normalized spacial score (nSPS) is 33.8. The number of urea groups is 1. The Hall–Kier alpha value is -1.10. The number of imide groups is 1. The van der Waals surface area contributed by atoms with E-state index in [9.17, 15) is 9.59 Å². The Balaban J connectivity index is 1.64. The number of carbonyl (C=O) groups excluding carboxylic acids is 2. The Kier molecular flexibility index (Phi) is 4.44. The van der Waals surface area contributed by atoms with Crippen LogP contribution in [0.3, 0.4) is 0 Å². The average molecular weight is 307 g/mol. The predicted octanol–water partition coefficient (Wildman–Crippen LogP) is 2.71. The molecule has 2 aliphatic carbocycles. The molecule has 0 aromatic heterocycles. The maximum atomic E-state index is 12.8. The lowest BCUT2D eigenvalue weighted by Gasteiger charge is -2.35. The van der Waals surface area contributed by atoms with Crippen molar-refractivity contribution in [1.29, 1.82) is 0 Å². The zero-order chi connectivity index (χ0) is 15.7. The molecule has 0 atom stereocenters. The van der Waals surface area contributed by atoms with E-state index in [1.807, 2.05) is 7.05 Å². The van der Waals surface area contributed by atoms with Crippen molar-refractivity contribution in [3.63, 3.8) is 0 Å². The Morgan fingerprint density at radius 3 is 2.41 bits per heavy atom. The third-order valence-corrected chi connectivity index (χ3v) is 5.94. The van der Waals surface area contributed by atoms with Crippen LogP contribution in [0.15, 0.2) is 0 Å². The molecule has 0 bridgehead atoms. The highest BCUT2D eigenvalue weighted by Crippen LogP contribution is 2.36. The fourth-order valence-corrected chi connectivity index (χ4v) is 4.26. The second-order valence-corrected chi connectivity index (χ2v) is 7.62. The van der Waals surface area contributed by atoms with Crippen molar-refractivity contribution in [2.75, 3.05) is 13.7 Å². The van der Waals surface area contributed by atoms with Crippen LogP contribution in [0.25, 0.3) is 0 Å². The van der Waals surface area contributed by atoms with E-state index in [2.05, 4.69) is 17.1 Å². The molecule has 0 aromatic carbocycles. The summed E-state index contributed by atoms with van der Waals surface area (Å²) in [5.41, 5.74) is -0.600. The molecule has 22 heavy (non-hydrogen) atoms. The number of hydrogen-bond donors (Lipinski definition) is 1. The first kappa shape index (κ1) is 15.8. The van der Waals surface area contributed by atoms with Crippen LogP contribution in [-0.2, 0) is 4.79 Å². The lowest BCUT2D eigenvalue weighted by Crippen LogP contribution is -2.50. The highest BCUT2D eigenvalue weighted by atomic mass is 16.2. The Labute approximate surface area is 133 Å². The molecule has 124 valence electrons. The van der Waals surface area contributed by atoms with Crippen molar-refractivity contribution in [2.45, 2.75) is 76.3 Å². The van der Waals surface area contributed by atoms with Crippen molar-refractivity contribution in [1.82, 2.24) is 15.1 Å². The van der Waals surface area contributed by atoms with Crippen LogP contribution < -0.4 is 5.32 Å². The first-order valence-electron chi connectivity index (χ1n) is 8.86. The molecular weight excluding hydrogens is 278 g/mol. The lowest BCUT2D eigenvalue weighted by molar-refractivity contribution is -0.134. The summed E-state index contributed by atoms with van der Waals surface area (Å²) < 4.78 is 0. The van der Waals surface area contributed by atoms with Gasteiger partial charge < -0.3 is 5.32 Å². The molecular formula is C17H29N3O2. The molecule has 0 radical (unpaired) electrons. The van der Waals surface area contributed by atoms with E-state index in [1.54, 1.807) is 0 Å². The minimum absolute atomic E-state index is 0.00654. The third kappa shape index (κ3) is 2.87. The molecule has 5 nitrogen and oxygen atoms in total. The topological polar surface area (TPSA) is 52.7 Å². The fourth-order valence-electron chi connectivity index (χ4n) is 4.26. The van der Waals surface area contributed by atoms with Gasteiger partial charge in [0.2, 0.25) is 0 Å². The van der Waals surface area contributed by atoms with Gasteiger partial charge in [0.05, 0.1) is 6.67 Å². The van der Waals surface area contributed by atoms with Crippen LogP contribution in [0.2, 0.25) is 0 Å². The number of nitrogens with zero attached hydrogens (tertiary/aromatic N) is 2. The summed E-state index contributed by atoms with van der Waals surface area (Å²) in [4.78, 5) is 28.8. The molecule has 1 heterocycles. The third-order valence-electron chi connectivity index (χ3n) is 5.94. The number of nitrogens with one attached hydrogen (secondary N) is 1. The second kappa shape index (κ2) is 6.19. The molecule has 3 rings (SSSR count). The quantitative estimate of drug-likeness (QED) is 0.816. The molecule has 5 heteroatoms. The van der Waals surface area contributed by atoms with Gasteiger partial charge in [-0.05, 0) is 51.5 Å². The van der Waals surface area contributed by atoms with E-state index < -0.39 is 5.54 Å². The summed E-state index contributed by atoms with van der Waals surface area (Å²) in [6.07, 6.45) is 9.84. The Morgan fingerprint density at radius 2 is 1.77 bits per heavy atom. The monoisotopic (exact) mass is 307 g/mol. The van der Waals surface area contributed by atoms with Crippen LogP contribution >= 0.6 is 0 Å². The van der Waals surface area contributed by atoms with E-state index in [-0.39, 0.29) is 11.9 Å². The Bertz CT molecular complexity index is 437. The molecule has 1 saturated heterocycles. The van der Waals surface area contributed by atoms with Gasteiger partial charge in [-0.15, -0.1) is 0 Å². The summed E-state index contributed by atoms with van der Waals surface area (Å²) in [6.45, 7) is 2.66. The number of amides is 3. The molecule has 0 unspecified atom stereocenters. The van der Waals surface area contributed by atoms with Crippen molar-refractivity contribution in [3.05, 3.63) is 0 Å². The average Bonchev–Trinajstić information content (AvgIpc) is 2.76. The van der Waals surface area contributed by atoms with Gasteiger partial charge in [-0.1, -0.05) is 26.2 Å². The summed E-state index contributed by atoms with van der Waals surface area (Å²) in [7, 11) is 2.05. The summed E-state index contributed by atoms with van der Waals surface area (Å²) in [6, 6.07) is 0.319. The molecule has 3 aliphatic rings. The number of rotatable bonds is 3. The van der Waals surface area contributed by atoms with E-state index in [0.29, 0.717) is 18.6 Å². The lowest BCUT2D eigenvalue weighted by atomic mass is 9.77. The molecule has 1 aliphatic heterocycles. The smallest absolute Gasteiger partial charge is 0.323 e. The molecule has 1 N–H and O–H groups in total. The van der Waals surface area contributed by atoms with Crippen molar-refractivity contribution in [3.8, 4) is 0 Å². The summed E-state index contributed by atoms with van der Waals surface area (Å²) >= 11 is 0. The fraction of sp³-hybridized carbons (Fsp3) is 0.882. The SMILES string of the molecule is CC1CCC2(CC1)NC(=O)N(CN(C)C1CCCCC1)C2=O. The number of carbonyl (C=O) groups is 2. The maximum absolute atomic E-state index is 12.8. The summed E-state index contributed by atoms with van der Waals surface area (Å²) in [5, 5.41) is 3.01. The van der Waals surface area contributed by atoms with Crippen molar-refractivity contribution < 1.29 is 9.59 Å². The molecule has 2 saturated carbocycles. The van der Waals surface area contributed by atoms with Gasteiger partial charge >= 0.3 is 6.03 Å². The molecule has 3 amide bonds. The van der Waals surface area contributed by atoms with Crippen LogP contribution in [0.1, 0.15) is 64.7 Å². The first-order chi connectivity index (χ1) is 10.5. The van der Waals surface area contributed by atoms with Gasteiger partial charge in [0.1, 0.15) is 5.54 Å². The predicted molar refractivity (Wildman–Crippen MR) is 85.2 cm³/mol. The van der Waals surface area contributed by atoms with Crippen LogP contribution in [-0.4, -0.2) is 47.0 Å². The van der Waals surface area contributed by atoms with Gasteiger partial charge in [-0.2, -0.15) is 0 Å². The van der Waals surface area contributed by atoms with E-state index >= 15 is 0 Å². The van der Waals surface area contributed by atoms with Crippen molar-refractivity contribution in [2.24, 2.45) is 5.92 Å². The highest BCUT2D eigenvalue weighted by Gasteiger charge is 2.52. The second-order valence-electron chi connectivity index (χ2n) is 7.62. The zero-order valence-corrected chi connectivity index (χ0v) is 13.9. The van der Waals surface area contributed by atoms with E-state index in [4.69, 9.17) is 0 Å².